The van der Waals surface area contributed by atoms with E-state index >= 15 is 0 Å². The highest BCUT2D eigenvalue weighted by atomic mass is 35.5. The predicted molar refractivity (Wildman–Crippen MR) is 85.1 cm³/mol. The average molecular weight is 298 g/mol. The lowest BCUT2D eigenvalue weighted by atomic mass is 10.1. The molecular weight excluding hydrogens is 266 g/mol. The third-order valence-corrected chi connectivity index (χ3v) is 4.03. The van der Waals surface area contributed by atoms with Crippen LogP contribution in [0.15, 0.2) is 30.3 Å². The minimum atomic E-state index is 0. The van der Waals surface area contributed by atoms with Crippen LogP contribution in [-0.4, -0.2) is 24.1 Å². The zero-order valence-corrected chi connectivity index (χ0v) is 14.3. The SMILES string of the molecule is CCCC[N+](CCC)(CCCC)Cc1ccccc1.[Cl-]. The topological polar surface area (TPSA) is 0 Å². The maximum atomic E-state index is 2.33. The smallest absolute Gasteiger partial charge is 0.104 e. The molecule has 0 atom stereocenters. The Labute approximate surface area is 132 Å². The molecule has 1 aromatic rings. The van der Waals surface area contributed by atoms with E-state index in [-0.39, 0.29) is 12.4 Å². The number of hydrogen-bond donors (Lipinski definition) is 0. The van der Waals surface area contributed by atoms with Gasteiger partial charge in [0.05, 0.1) is 19.6 Å². The van der Waals surface area contributed by atoms with Crippen LogP contribution in [0.1, 0.15) is 58.4 Å². The molecule has 116 valence electrons. The maximum absolute atomic E-state index is 2.33. The first-order valence-corrected chi connectivity index (χ1v) is 8.15. The van der Waals surface area contributed by atoms with Gasteiger partial charge in [-0.2, -0.15) is 0 Å². The Morgan fingerprint density at radius 1 is 0.750 bits per heavy atom. The molecule has 1 rings (SSSR count). The molecular formula is C18H32ClN. The summed E-state index contributed by atoms with van der Waals surface area (Å²) in [7, 11) is 0. The number of benzene rings is 1. The van der Waals surface area contributed by atoms with Gasteiger partial charge in [0.25, 0.3) is 0 Å². The lowest BCUT2D eigenvalue weighted by Gasteiger charge is -2.39. The van der Waals surface area contributed by atoms with Gasteiger partial charge >= 0.3 is 0 Å². The first-order valence-electron chi connectivity index (χ1n) is 8.15. The molecule has 0 aliphatic rings. The van der Waals surface area contributed by atoms with Crippen LogP contribution in [0.3, 0.4) is 0 Å². The minimum Gasteiger partial charge on any atom is -1.00 e. The van der Waals surface area contributed by atoms with Crippen molar-refractivity contribution >= 4 is 0 Å². The van der Waals surface area contributed by atoms with Crippen LogP contribution >= 0.6 is 0 Å². The molecule has 0 saturated carbocycles. The lowest BCUT2D eigenvalue weighted by Crippen LogP contribution is -3.00. The zero-order valence-electron chi connectivity index (χ0n) is 13.6. The van der Waals surface area contributed by atoms with Crippen LogP contribution in [0.2, 0.25) is 0 Å². The summed E-state index contributed by atoms with van der Waals surface area (Å²) in [5.41, 5.74) is 1.50. The van der Waals surface area contributed by atoms with Gasteiger partial charge in [-0.3, -0.25) is 0 Å². The molecule has 2 heteroatoms. The Bertz CT molecular complexity index is 315. The predicted octanol–water partition coefficient (Wildman–Crippen LogP) is 2.02. The maximum Gasteiger partial charge on any atom is 0.104 e. The summed E-state index contributed by atoms with van der Waals surface area (Å²) in [6.07, 6.45) is 6.63. The van der Waals surface area contributed by atoms with Gasteiger partial charge in [-0.1, -0.05) is 63.9 Å². The molecule has 0 bridgehead atoms. The molecule has 0 saturated heterocycles. The van der Waals surface area contributed by atoms with Crippen molar-refractivity contribution in [1.29, 1.82) is 0 Å². The molecule has 0 radical (unpaired) electrons. The van der Waals surface area contributed by atoms with Gasteiger partial charge in [-0.15, -0.1) is 0 Å². The summed E-state index contributed by atoms with van der Waals surface area (Å²) >= 11 is 0. The van der Waals surface area contributed by atoms with Crippen LogP contribution in [0.5, 0.6) is 0 Å². The van der Waals surface area contributed by atoms with Crippen LogP contribution in [-0.2, 0) is 6.54 Å². The van der Waals surface area contributed by atoms with Gasteiger partial charge in [-0.25, -0.2) is 0 Å². The standard InChI is InChI=1S/C18H32N.ClH/c1-4-7-15-19(14-6-3,16-8-5-2)17-18-12-10-9-11-13-18;/h9-13H,4-8,14-17H2,1-3H3;1H/q+1;/p-1. The van der Waals surface area contributed by atoms with E-state index in [0.717, 1.165) is 0 Å². The van der Waals surface area contributed by atoms with E-state index in [1.807, 2.05) is 0 Å². The van der Waals surface area contributed by atoms with Gasteiger partial charge in [0.2, 0.25) is 0 Å². The Kier molecular flexibility index (Phi) is 10.9. The van der Waals surface area contributed by atoms with Crippen molar-refractivity contribution in [3.05, 3.63) is 35.9 Å². The van der Waals surface area contributed by atoms with E-state index in [9.17, 15) is 0 Å². The van der Waals surface area contributed by atoms with Crippen LogP contribution in [0, 0.1) is 0 Å². The van der Waals surface area contributed by atoms with E-state index in [0.29, 0.717) is 0 Å². The molecule has 0 heterocycles. The number of halogens is 1. The van der Waals surface area contributed by atoms with Crippen LogP contribution in [0.25, 0.3) is 0 Å². The highest BCUT2D eigenvalue weighted by Gasteiger charge is 2.25. The Morgan fingerprint density at radius 3 is 1.75 bits per heavy atom. The number of hydrogen-bond acceptors (Lipinski definition) is 0. The fourth-order valence-electron chi connectivity index (χ4n) is 3.00. The van der Waals surface area contributed by atoms with Crippen LogP contribution in [0.4, 0.5) is 0 Å². The summed E-state index contributed by atoms with van der Waals surface area (Å²) in [5.74, 6) is 0. The fraction of sp³-hybridized carbons (Fsp3) is 0.667. The molecule has 20 heavy (non-hydrogen) atoms. The normalized spacial score (nSPS) is 11.2. The summed E-state index contributed by atoms with van der Waals surface area (Å²) in [4.78, 5) is 0. The van der Waals surface area contributed by atoms with E-state index in [1.165, 1.54) is 68.3 Å². The molecule has 1 nitrogen and oxygen atoms in total. The molecule has 0 spiro atoms. The van der Waals surface area contributed by atoms with E-state index in [4.69, 9.17) is 0 Å². The number of rotatable bonds is 10. The van der Waals surface area contributed by atoms with E-state index in [2.05, 4.69) is 51.1 Å². The lowest BCUT2D eigenvalue weighted by molar-refractivity contribution is -0.941. The van der Waals surface area contributed by atoms with Crippen molar-refractivity contribution < 1.29 is 16.9 Å². The molecule has 0 N–H and O–H groups in total. The quantitative estimate of drug-likeness (QED) is 0.580. The Balaban J connectivity index is 0.00000361. The minimum absolute atomic E-state index is 0. The molecule has 1 aromatic carbocycles. The molecule has 0 aromatic heterocycles. The van der Waals surface area contributed by atoms with Gasteiger partial charge in [0.15, 0.2) is 0 Å². The van der Waals surface area contributed by atoms with Crippen molar-refractivity contribution in [1.82, 2.24) is 0 Å². The molecule has 0 fully saturated rings. The second kappa shape index (κ2) is 11.2. The summed E-state index contributed by atoms with van der Waals surface area (Å²) < 4.78 is 1.29. The molecule has 0 aliphatic heterocycles. The zero-order chi connectivity index (χ0) is 14.0. The highest BCUT2D eigenvalue weighted by molar-refractivity contribution is 5.13. The van der Waals surface area contributed by atoms with Gasteiger partial charge in [-0.05, 0) is 19.3 Å². The summed E-state index contributed by atoms with van der Waals surface area (Å²) in [5, 5.41) is 0. The first kappa shape index (κ1) is 19.5. The molecule has 0 amide bonds. The second-order valence-electron chi connectivity index (χ2n) is 5.86. The third kappa shape index (κ3) is 6.76. The van der Waals surface area contributed by atoms with E-state index < -0.39 is 0 Å². The number of nitrogens with zero attached hydrogens (tertiary/aromatic N) is 1. The molecule has 0 aliphatic carbocycles. The average Bonchev–Trinajstić information content (AvgIpc) is 2.44. The summed E-state index contributed by atoms with van der Waals surface area (Å²) in [6.45, 7) is 12.2. The van der Waals surface area contributed by atoms with Crippen molar-refractivity contribution in [3.63, 3.8) is 0 Å². The van der Waals surface area contributed by atoms with Crippen molar-refractivity contribution in [2.24, 2.45) is 0 Å². The van der Waals surface area contributed by atoms with Crippen LogP contribution < -0.4 is 12.4 Å². The number of unbranched alkanes of at least 4 members (excludes halogenated alkanes) is 2. The van der Waals surface area contributed by atoms with E-state index in [1.54, 1.807) is 0 Å². The van der Waals surface area contributed by atoms with Gasteiger partial charge in [0.1, 0.15) is 6.54 Å². The summed E-state index contributed by atoms with van der Waals surface area (Å²) in [6, 6.07) is 11.1. The first-order chi connectivity index (χ1) is 9.26. The fourth-order valence-corrected chi connectivity index (χ4v) is 3.00. The van der Waals surface area contributed by atoms with Gasteiger partial charge < -0.3 is 16.9 Å². The van der Waals surface area contributed by atoms with Crippen molar-refractivity contribution in [3.8, 4) is 0 Å². The van der Waals surface area contributed by atoms with Crippen molar-refractivity contribution in [2.45, 2.75) is 59.4 Å². The second-order valence-corrected chi connectivity index (χ2v) is 5.86. The Morgan fingerprint density at radius 2 is 1.30 bits per heavy atom. The molecule has 0 unspecified atom stereocenters. The highest BCUT2D eigenvalue weighted by Crippen LogP contribution is 2.19. The number of quaternary nitrogens is 1. The largest absolute Gasteiger partial charge is 1.00 e. The Hall–Kier alpha value is -0.530. The third-order valence-electron chi connectivity index (χ3n) is 4.03. The monoisotopic (exact) mass is 297 g/mol. The van der Waals surface area contributed by atoms with Crippen molar-refractivity contribution in [2.75, 3.05) is 19.6 Å². The van der Waals surface area contributed by atoms with Gasteiger partial charge in [0, 0.05) is 5.56 Å².